The van der Waals surface area contributed by atoms with Gasteiger partial charge in [-0.05, 0) is 31.9 Å². The molecule has 0 saturated carbocycles. The smallest absolute Gasteiger partial charge is 0.310 e. The van der Waals surface area contributed by atoms with E-state index in [-0.39, 0.29) is 30.2 Å². The minimum absolute atomic E-state index is 0.00325. The van der Waals surface area contributed by atoms with Crippen LogP contribution in [0, 0.1) is 5.92 Å². The first-order valence-corrected chi connectivity index (χ1v) is 8.27. The minimum atomic E-state index is -0.266. The number of esters is 1. The van der Waals surface area contributed by atoms with Gasteiger partial charge in [-0.1, -0.05) is 18.2 Å². The first kappa shape index (κ1) is 18.0. The van der Waals surface area contributed by atoms with E-state index in [0.717, 1.165) is 12.8 Å². The number of hydrogen-bond donors (Lipinski definition) is 0. The standard InChI is InChI=1S/C18H24N2O4/c1-3-24-18(23)15-10-7-11-20(12-15)16(21)13-19(2)17(22)14-8-5-4-6-9-14/h4-6,8-9,15H,3,7,10-13H2,1-2H3. The molecule has 0 spiro atoms. The van der Waals surface area contributed by atoms with Gasteiger partial charge in [0.05, 0.1) is 19.1 Å². The predicted molar refractivity (Wildman–Crippen MR) is 89.3 cm³/mol. The zero-order valence-electron chi connectivity index (χ0n) is 14.2. The molecule has 1 aliphatic heterocycles. The van der Waals surface area contributed by atoms with Crippen LogP contribution in [0.2, 0.25) is 0 Å². The minimum Gasteiger partial charge on any atom is -0.466 e. The Kier molecular flexibility index (Phi) is 6.35. The summed E-state index contributed by atoms with van der Waals surface area (Å²) < 4.78 is 5.05. The molecule has 0 bridgehead atoms. The number of carbonyl (C=O) groups excluding carboxylic acids is 3. The van der Waals surface area contributed by atoms with E-state index >= 15 is 0 Å². The molecule has 1 aromatic carbocycles. The average molecular weight is 332 g/mol. The fourth-order valence-corrected chi connectivity index (χ4v) is 2.83. The number of amides is 2. The van der Waals surface area contributed by atoms with Crippen LogP contribution in [-0.2, 0) is 14.3 Å². The summed E-state index contributed by atoms with van der Waals surface area (Å²) in [6, 6.07) is 8.86. The molecule has 1 aromatic rings. The van der Waals surface area contributed by atoms with Crippen LogP contribution >= 0.6 is 0 Å². The van der Waals surface area contributed by atoms with Crippen molar-refractivity contribution in [1.29, 1.82) is 0 Å². The Morgan fingerprint density at radius 1 is 1.25 bits per heavy atom. The summed E-state index contributed by atoms with van der Waals surface area (Å²) in [7, 11) is 1.61. The third-order valence-electron chi connectivity index (χ3n) is 4.13. The van der Waals surface area contributed by atoms with Crippen LogP contribution in [0.1, 0.15) is 30.1 Å². The van der Waals surface area contributed by atoms with Crippen LogP contribution in [0.15, 0.2) is 30.3 Å². The van der Waals surface area contributed by atoms with Crippen molar-refractivity contribution >= 4 is 17.8 Å². The van der Waals surface area contributed by atoms with E-state index < -0.39 is 0 Å². The van der Waals surface area contributed by atoms with E-state index in [9.17, 15) is 14.4 Å². The summed E-state index contributed by atoms with van der Waals surface area (Å²) in [6.45, 7) is 3.10. The van der Waals surface area contributed by atoms with Gasteiger partial charge in [-0.15, -0.1) is 0 Å². The maximum atomic E-state index is 12.5. The molecule has 6 heteroatoms. The number of rotatable bonds is 5. The van der Waals surface area contributed by atoms with E-state index in [0.29, 0.717) is 25.3 Å². The van der Waals surface area contributed by atoms with Crippen LogP contribution in [0.5, 0.6) is 0 Å². The molecule has 2 amide bonds. The molecule has 1 heterocycles. The van der Waals surface area contributed by atoms with Crippen LogP contribution < -0.4 is 0 Å². The molecular weight excluding hydrogens is 308 g/mol. The van der Waals surface area contributed by atoms with E-state index in [1.54, 1.807) is 43.1 Å². The molecule has 6 nitrogen and oxygen atoms in total. The first-order chi connectivity index (χ1) is 11.5. The van der Waals surface area contributed by atoms with Crippen molar-refractivity contribution in [2.24, 2.45) is 5.92 Å². The van der Waals surface area contributed by atoms with Crippen molar-refractivity contribution in [2.75, 3.05) is 33.3 Å². The quantitative estimate of drug-likeness (QED) is 0.768. The summed E-state index contributed by atoms with van der Waals surface area (Å²) in [5, 5.41) is 0. The second kappa shape index (κ2) is 8.47. The Morgan fingerprint density at radius 2 is 1.96 bits per heavy atom. The average Bonchev–Trinajstić information content (AvgIpc) is 2.62. The van der Waals surface area contributed by atoms with Crippen LogP contribution in [0.25, 0.3) is 0 Å². The maximum absolute atomic E-state index is 12.5. The van der Waals surface area contributed by atoms with Crippen molar-refractivity contribution in [3.63, 3.8) is 0 Å². The molecule has 1 aliphatic rings. The van der Waals surface area contributed by atoms with Gasteiger partial charge in [0.25, 0.3) is 5.91 Å². The van der Waals surface area contributed by atoms with Crippen LogP contribution in [0.3, 0.4) is 0 Å². The maximum Gasteiger partial charge on any atom is 0.310 e. The molecule has 1 saturated heterocycles. The molecule has 0 aromatic heterocycles. The first-order valence-electron chi connectivity index (χ1n) is 8.27. The lowest BCUT2D eigenvalue weighted by Gasteiger charge is -2.32. The molecule has 1 unspecified atom stereocenters. The predicted octanol–water partition coefficient (Wildman–Crippen LogP) is 1.56. The second-order valence-electron chi connectivity index (χ2n) is 5.96. The fourth-order valence-electron chi connectivity index (χ4n) is 2.83. The molecule has 130 valence electrons. The van der Waals surface area contributed by atoms with Crippen molar-refractivity contribution in [1.82, 2.24) is 9.80 Å². The zero-order valence-corrected chi connectivity index (χ0v) is 14.2. The largest absolute Gasteiger partial charge is 0.466 e. The highest BCUT2D eigenvalue weighted by Crippen LogP contribution is 2.18. The fraction of sp³-hybridized carbons (Fsp3) is 0.500. The van der Waals surface area contributed by atoms with Gasteiger partial charge >= 0.3 is 5.97 Å². The van der Waals surface area contributed by atoms with Crippen molar-refractivity contribution in [2.45, 2.75) is 19.8 Å². The van der Waals surface area contributed by atoms with Gasteiger partial charge in [0.15, 0.2) is 0 Å². The molecule has 0 radical (unpaired) electrons. The van der Waals surface area contributed by atoms with Gasteiger partial charge in [0, 0.05) is 25.7 Å². The third kappa shape index (κ3) is 4.57. The van der Waals surface area contributed by atoms with Gasteiger partial charge in [0.2, 0.25) is 5.91 Å². The van der Waals surface area contributed by atoms with Gasteiger partial charge in [-0.3, -0.25) is 14.4 Å². The van der Waals surface area contributed by atoms with Crippen molar-refractivity contribution < 1.29 is 19.1 Å². The second-order valence-corrected chi connectivity index (χ2v) is 5.96. The third-order valence-corrected chi connectivity index (χ3v) is 4.13. The van der Waals surface area contributed by atoms with E-state index in [2.05, 4.69) is 0 Å². The Morgan fingerprint density at radius 3 is 2.62 bits per heavy atom. The lowest BCUT2D eigenvalue weighted by atomic mass is 9.98. The summed E-state index contributed by atoms with van der Waals surface area (Å²) in [5.41, 5.74) is 0.552. The lowest BCUT2D eigenvalue weighted by Crippen LogP contribution is -2.47. The number of benzene rings is 1. The highest BCUT2D eigenvalue weighted by molar-refractivity contribution is 5.96. The molecule has 2 rings (SSSR count). The molecule has 0 N–H and O–H groups in total. The summed E-state index contributed by atoms with van der Waals surface area (Å²) in [6.07, 6.45) is 1.51. The molecule has 24 heavy (non-hydrogen) atoms. The summed E-state index contributed by atoms with van der Waals surface area (Å²) >= 11 is 0. The highest BCUT2D eigenvalue weighted by atomic mass is 16.5. The zero-order chi connectivity index (χ0) is 17.5. The Bertz CT molecular complexity index is 588. The number of nitrogens with zero attached hydrogens (tertiary/aromatic N) is 2. The van der Waals surface area contributed by atoms with Crippen molar-refractivity contribution in [3.05, 3.63) is 35.9 Å². The van der Waals surface area contributed by atoms with Gasteiger partial charge in [-0.2, -0.15) is 0 Å². The van der Waals surface area contributed by atoms with E-state index in [1.807, 2.05) is 6.07 Å². The SMILES string of the molecule is CCOC(=O)C1CCCN(C(=O)CN(C)C(=O)c2ccccc2)C1. The number of likely N-dealkylation sites (tertiary alicyclic amines) is 1. The van der Waals surface area contributed by atoms with Gasteiger partial charge in [0.1, 0.15) is 0 Å². The Labute approximate surface area is 142 Å². The number of hydrogen-bond acceptors (Lipinski definition) is 4. The van der Waals surface area contributed by atoms with Crippen LogP contribution in [-0.4, -0.2) is 60.9 Å². The van der Waals surface area contributed by atoms with Crippen LogP contribution in [0.4, 0.5) is 0 Å². The molecule has 0 aliphatic carbocycles. The number of ether oxygens (including phenoxy) is 1. The Hall–Kier alpha value is -2.37. The molecule has 1 atom stereocenters. The number of piperidine rings is 1. The number of carbonyl (C=O) groups is 3. The number of likely N-dealkylation sites (N-methyl/N-ethyl adjacent to an activating group) is 1. The van der Waals surface area contributed by atoms with Crippen molar-refractivity contribution in [3.8, 4) is 0 Å². The molecular formula is C18H24N2O4. The topological polar surface area (TPSA) is 66.9 Å². The normalized spacial score (nSPS) is 17.2. The molecule has 1 fully saturated rings. The van der Waals surface area contributed by atoms with E-state index in [1.165, 1.54) is 4.90 Å². The lowest BCUT2D eigenvalue weighted by molar-refractivity contribution is -0.151. The summed E-state index contributed by atoms with van der Waals surface area (Å²) in [4.78, 5) is 39.7. The summed E-state index contributed by atoms with van der Waals surface area (Å²) in [5.74, 6) is -0.847. The Balaban J connectivity index is 1.91. The monoisotopic (exact) mass is 332 g/mol. The van der Waals surface area contributed by atoms with E-state index in [4.69, 9.17) is 4.74 Å². The van der Waals surface area contributed by atoms with Gasteiger partial charge < -0.3 is 14.5 Å². The van der Waals surface area contributed by atoms with Gasteiger partial charge in [-0.25, -0.2) is 0 Å². The highest BCUT2D eigenvalue weighted by Gasteiger charge is 2.30.